The summed E-state index contributed by atoms with van der Waals surface area (Å²) in [6.07, 6.45) is 2.54. The Morgan fingerprint density at radius 1 is 1.04 bits per heavy atom. The monoisotopic (exact) mass is 651 g/mol. The lowest BCUT2D eigenvalue weighted by Gasteiger charge is -2.41. The van der Waals surface area contributed by atoms with E-state index in [9.17, 15) is 13.2 Å². The number of sulfonamides is 1. The summed E-state index contributed by atoms with van der Waals surface area (Å²) in [5.41, 5.74) is 10.0. The molecule has 1 amide bonds. The third kappa shape index (κ3) is 7.96. The summed E-state index contributed by atoms with van der Waals surface area (Å²) in [5, 5.41) is -0.00279. The van der Waals surface area contributed by atoms with E-state index in [4.69, 9.17) is 19.6 Å². The van der Waals surface area contributed by atoms with E-state index < -0.39 is 18.3 Å². The van der Waals surface area contributed by atoms with E-state index >= 15 is 0 Å². The molecule has 9 nitrogen and oxygen atoms in total. The molecule has 0 spiro atoms. The number of carbonyl (C=O) groups excluding carboxylic acids is 1. The van der Waals surface area contributed by atoms with Gasteiger partial charge in [-0.1, -0.05) is 69.3 Å². The first kappa shape index (κ1) is 34.2. The van der Waals surface area contributed by atoms with Crippen molar-refractivity contribution in [1.29, 1.82) is 0 Å². The van der Waals surface area contributed by atoms with Crippen molar-refractivity contribution in [3.8, 4) is 11.5 Å². The summed E-state index contributed by atoms with van der Waals surface area (Å²) in [6, 6.07) is 19.6. The standard InChI is InChI=1S/C34H45N3O6SSi/c1-34(2,3)45(6,7)43-23-27-19-26(25-13-15-28(16-14-25)44(39,40)36-4)17-18-37(27)33(38)29-20-31(41-5)32(21-30(29)35)42-22-24-11-9-8-10-12-24/h8-17,20-21,27,36H,18-19,22-23,35H2,1-7H3. The predicted molar refractivity (Wildman–Crippen MR) is 181 cm³/mol. The van der Waals surface area contributed by atoms with Crippen molar-refractivity contribution in [2.24, 2.45) is 0 Å². The largest absolute Gasteiger partial charge is 0.493 e. The van der Waals surface area contributed by atoms with Crippen molar-refractivity contribution in [3.05, 3.63) is 89.5 Å². The van der Waals surface area contributed by atoms with Crippen molar-refractivity contribution in [2.75, 3.05) is 33.0 Å². The van der Waals surface area contributed by atoms with Crippen LogP contribution in [-0.4, -0.2) is 60.9 Å². The van der Waals surface area contributed by atoms with Crippen LogP contribution in [0.15, 0.2) is 77.7 Å². The van der Waals surface area contributed by atoms with Crippen LogP contribution < -0.4 is 19.9 Å². The topological polar surface area (TPSA) is 120 Å². The Balaban J connectivity index is 1.63. The molecule has 1 aliphatic heterocycles. The number of nitrogens with one attached hydrogen (secondary N) is 1. The molecule has 1 atom stereocenters. The first-order chi connectivity index (χ1) is 21.2. The normalized spacial score (nSPS) is 15.8. The second-order valence-electron chi connectivity index (χ2n) is 12.7. The number of nitrogens with two attached hydrogens (primary N) is 1. The van der Waals surface area contributed by atoms with Crippen LogP contribution in [0.1, 0.15) is 48.7 Å². The number of methoxy groups -OCH3 is 1. The Labute approximate surface area is 268 Å². The Hall–Kier alpha value is -3.64. The van der Waals surface area contributed by atoms with Crippen molar-refractivity contribution >= 4 is 35.5 Å². The van der Waals surface area contributed by atoms with Gasteiger partial charge in [-0.15, -0.1) is 0 Å². The van der Waals surface area contributed by atoms with Crippen LogP contribution >= 0.6 is 0 Å². The van der Waals surface area contributed by atoms with E-state index in [0.717, 1.165) is 16.7 Å². The molecule has 4 rings (SSSR count). The van der Waals surface area contributed by atoms with Gasteiger partial charge in [-0.05, 0) is 66.5 Å². The molecule has 1 aliphatic rings. The maximum Gasteiger partial charge on any atom is 0.256 e. The van der Waals surface area contributed by atoms with Gasteiger partial charge in [-0.2, -0.15) is 0 Å². The van der Waals surface area contributed by atoms with E-state index in [1.165, 1.54) is 14.2 Å². The molecule has 0 aromatic heterocycles. The number of amides is 1. The van der Waals surface area contributed by atoms with Gasteiger partial charge in [0.15, 0.2) is 19.8 Å². The lowest BCUT2D eigenvalue weighted by Crippen LogP contribution is -2.49. The zero-order valence-electron chi connectivity index (χ0n) is 27.2. The lowest BCUT2D eigenvalue weighted by molar-refractivity contribution is 0.0627. The maximum absolute atomic E-state index is 14.1. The molecule has 0 bridgehead atoms. The summed E-state index contributed by atoms with van der Waals surface area (Å²) in [6.45, 7) is 12.0. The minimum Gasteiger partial charge on any atom is -0.493 e. The minimum atomic E-state index is -3.55. The Morgan fingerprint density at radius 3 is 2.31 bits per heavy atom. The van der Waals surface area contributed by atoms with Gasteiger partial charge in [0.2, 0.25) is 10.0 Å². The quantitative estimate of drug-likeness (QED) is 0.190. The molecule has 45 heavy (non-hydrogen) atoms. The third-order valence-electron chi connectivity index (χ3n) is 8.74. The van der Waals surface area contributed by atoms with E-state index in [1.807, 2.05) is 36.4 Å². The number of anilines is 1. The highest BCUT2D eigenvalue weighted by Crippen LogP contribution is 2.38. The van der Waals surface area contributed by atoms with Crippen molar-refractivity contribution in [1.82, 2.24) is 9.62 Å². The zero-order chi connectivity index (χ0) is 33.0. The highest BCUT2D eigenvalue weighted by molar-refractivity contribution is 7.89. The molecule has 0 aliphatic carbocycles. The van der Waals surface area contributed by atoms with Crippen molar-refractivity contribution in [3.63, 3.8) is 0 Å². The average Bonchev–Trinajstić information content (AvgIpc) is 3.02. The van der Waals surface area contributed by atoms with Gasteiger partial charge in [0.1, 0.15) is 6.61 Å². The third-order valence-corrected chi connectivity index (χ3v) is 14.7. The highest BCUT2D eigenvalue weighted by Gasteiger charge is 2.39. The van der Waals surface area contributed by atoms with Crippen molar-refractivity contribution < 1.29 is 27.1 Å². The van der Waals surface area contributed by atoms with Crippen LogP contribution in [0.5, 0.6) is 11.5 Å². The molecule has 1 heterocycles. The first-order valence-corrected chi connectivity index (χ1v) is 19.4. The number of hydrogen-bond acceptors (Lipinski definition) is 7. The van der Waals surface area contributed by atoms with Crippen LogP contribution in [-0.2, 0) is 21.1 Å². The van der Waals surface area contributed by atoms with E-state index in [1.54, 1.807) is 41.3 Å². The Bertz CT molecular complexity index is 1630. The SMILES string of the molecule is CNS(=O)(=O)c1ccc(C2=CCN(C(=O)c3cc(OC)c(OCc4ccccc4)cc3N)C(CO[Si](C)(C)C(C)(C)C)C2)cc1. The van der Waals surface area contributed by atoms with Gasteiger partial charge in [-0.25, -0.2) is 13.1 Å². The molecular formula is C34H45N3O6SSi. The van der Waals surface area contributed by atoms with Gasteiger partial charge < -0.3 is 24.5 Å². The predicted octanol–water partition coefficient (Wildman–Crippen LogP) is 6.08. The van der Waals surface area contributed by atoms with Gasteiger partial charge in [0.05, 0.1) is 30.2 Å². The number of benzene rings is 3. The fourth-order valence-corrected chi connectivity index (χ4v) is 6.62. The van der Waals surface area contributed by atoms with Gasteiger partial charge in [-0.3, -0.25) is 4.79 Å². The van der Waals surface area contributed by atoms with Gasteiger partial charge >= 0.3 is 0 Å². The van der Waals surface area contributed by atoms with Crippen LogP contribution in [0.25, 0.3) is 5.57 Å². The van der Waals surface area contributed by atoms with Crippen molar-refractivity contribution in [2.45, 2.75) is 62.9 Å². The number of nitrogens with zero attached hydrogens (tertiary/aromatic N) is 1. The minimum absolute atomic E-state index is 0.00279. The summed E-state index contributed by atoms with van der Waals surface area (Å²) >= 11 is 0. The molecular weight excluding hydrogens is 607 g/mol. The fraction of sp³-hybridized carbons (Fsp3) is 0.382. The maximum atomic E-state index is 14.1. The van der Waals surface area contributed by atoms with Crippen LogP contribution in [0.3, 0.4) is 0 Å². The molecule has 0 saturated heterocycles. The van der Waals surface area contributed by atoms with Gasteiger partial charge in [0.25, 0.3) is 5.91 Å². The van der Waals surface area contributed by atoms with E-state index in [0.29, 0.717) is 48.9 Å². The number of nitrogen functional groups attached to an aromatic ring is 1. The zero-order valence-corrected chi connectivity index (χ0v) is 29.0. The molecule has 3 N–H and O–H groups in total. The second kappa shape index (κ2) is 13.8. The first-order valence-electron chi connectivity index (χ1n) is 15.0. The second-order valence-corrected chi connectivity index (χ2v) is 19.4. The molecule has 242 valence electrons. The summed E-state index contributed by atoms with van der Waals surface area (Å²) in [4.78, 5) is 16.1. The van der Waals surface area contributed by atoms with Crippen LogP contribution in [0.2, 0.25) is 18.1 Å². The average molecular weight is 652 g/mol. The molecule has 11 heteroatoms. The molecule has 0 fully saturated rings. The molecule has 0 saturated carbocycles. The Morgan fingerprint density at radius 2 is 1.71 bits per heavy atom. The van der Waals surface area contributed by atoms with Gasteiger partial charge in [0, 0.05) is 18.3 Å². The van der Waals surface area contributed by atoms with Crippen LogP contribution in [0.4, 0.5) is 5.69 Å². The van der Waals surface area contributed by atoms with Crippen LogP contribution in [0, 0.1) is 0 Å². The summed E-state index contributed by atoms with van der Waals surface area (Å²) in [5.74, 6) is 0.648. The molecule has 0 radical (unpaired) electrons. The highest BCUT2D eigenvalue weighted by atomic mass is 32.2. The Kier molecular flexibility index (Phi) is 10.5. The van der Waals surface area contributed by atoms with E-state index in [2.05, 4.69) is 38.6 Å². The summed E-state index contributed by atoms with van der Waals surface area (Å²) < 4.78 is 45.1. The van der Waals surface area contributed by atoms with E-state index in [-0.39, 0.29) is 21.9 Å². The molecule has 3 aromatic rings. The lowest BCUT2D eigenvalue weighted by atomic mass is 9.93. The number of hydrogen-bond donors (Lipinski definition) is 2. The number of carbonyl (C=O) groups is 1. The molecule has 3 aromatic carbocycles. The smallest absolute Gasteiger partial charge is 0.256 e. The summed E-state index contributed by atoms with van der Waals surface area (Å²) in [7, 11) is -2.75. The number of rotatable bonds is 11. The fourth-order valence-electron chi connectivity index (χ4n) is 4.85. The molecule has 1 unspecified atom stereocenters. The number of ether oxygens (including phenoxy) is 2.